The molecule has 0 radical (unpaired) electrons. The molecule has 2 bridgehead atoms. The number of ether oxygens (including phenoxy) is 4. The van der Waals surface area contributed by atoms with Crippen LogP contribution in [0.2, 0.25) is 0 Å². The number of benzene rings is 1. The summed E-state index contributed by atoms with van der Waals surface area (Å²) in [5.41, 5.74) is -1.18. The number of phenols is 1. The Morgan fingerprint density at radius 1 is 1.11 bits per heavy atom. The van der Waals surface area contributed by atoms with Gasteiger partial charge in [0, 0.05) is 18.0 Å². The van der Waals surface area contributed by atoms with E-state index in [9.17, 15) is 29.4 Å². The van der Waals surface area contributed by atoms with Crippen LogP contribution in [0.5, 0.6) is 11.5 Å². The molecule has 2 aliphatic heterocycles. The van der Waals surface area contributed by atoms with Gasteiger partial charge in [0.15, 0.2) is 23.7 Å². The fraction of sp³-hybridized carbons (Fsp3) is 0.647. The number of hydrogen-bond donors (Lipinski definition) is 4. The van der Waals surface area contributed by atoms with Crippen molar-refractivity contribution in [1.29, 1.82) is 0 Å². The number of alkyl carbamates (subject to hydrolysis) is 1. The number of carbonyl (C=O) groups is 4. The first kappa shape index (κ1) is 34.5. The molecule has 13 heteroatoms. The zero-order valence-electron chi connectivity index (χ0n) is 28.3. The van der Waals surface area contributed by atoms with E-state index >= 15 is 0 Å². The van der Waals surface area contributed by atoms with Gasteiger partial charge in [-0.05, 0) is 91.1 Å². The predicted molar refractivity (Wildman–Crippen MR) is 168 cm³/mol. The van der Waals surface area contributed by atoms with E-state index in [0.717, 1.165) is 11.1 Å². The third kappa shape index (κ3) is 6.15. The molecule has 2 amide bonds. The lowest BCUT2D eigenvalue weighted by Gasteiger charge is -2.61. The van der Waals surface area contributed by atoms with E-state index in [2.05, 4.69) is 15.5 Å². The molecule has 4 N–H and O–H groups in total. The maximum Gasteiger partial charge on any atom is 0.408 e. The Hall–Kier alpha value is -3.84. The minimum Gasteiger partial charge on any atom is -0.504 e. The van der Waals surface area contributed by atoms with Crippen molar-refractivity contribution < 1.29 is 48.3 Å². The summed E-state index contributed by atoms with van der Waals surface area (Å²) in [6, 6.07) is 1.13. The highest BCUT2D eigenvalue weighted by Gasteiger charge is 2.72. The van der Waals surface area contributed by atoms with Crippen molar-refractivity contribution >= 4 is 23.9 Å². The van der Waals surface area contributed by atoms with Crippen molar-refractivity contribution in [2.75, 3.05) is 13.6 Å². The largest absolute Gasteiger partial charge is 0.504 e. The number of aliphatic hydroxyl groups is 1. The zero-order chi connectivity index (χ0) is 34.6. The molecule has 1 spiro atoms. The lowest BCUT2D eigenvalue weighted by molar-refractivity contribution is -0.176. The van der Waals surface area contributed by atoms with Gasteiger partial charge in [-0.15, -0.1) is 0 Å². The number of esters is 2. The van der Waals surface area contributed by atoms with Crippen LogP contribution in [0.15, 0.2) is 24.0 Å². The standard InChI is InChI=1S/C34H47N3O10/c1-17(2)15-21(36-31(42)47-32(5,6)7)28(39)35-18(3)29(40)44-19(4)30(41)45-23-11-12-34(43)24-16-20-9-10-22(38)26-25(20)33(34,27(23)46-26)13-14-37(24)8/h9-11,17-19,21,24,27,38,43H,12-16H2,1-8H3,(H,35,39)(H,36,42)/t18-,19-,21-,24+,27-,33-,34+/m0/s1. The van der Waals surface area contributed by atoms with Crippen molar-refractivity contribution in [2.45, 2.75) is 121 Å². The van der Waals surface area contributed by atoms with Crippen LogP contribution in [0.25, 0.3) is 0 Å². The lowest BCUT2D eigenvalue weighted by Crippen LogP contribution is -2.74. The second-order valence-electron chi connectivity index (χ2n) is 14.7. The Bertz CT molecular complexity index is 1480. The van der Waals surface area contributed by atoms with Gasteiger partial charge in [-0.3, -0.25) is 4.79 Å². The molecule has 258 valence electrons. The van der Waals surface area contributed by atoms with Crippen molar-refractivity contribution in [2.24, 2.45) is 5.92 Å². The summed E-state index contributed by atoms with van der Waals surface area (Å²) in [4.78, 5) is 53.8. The number of carbonyl (C=O) groups excluding carboxylic acids is 4. The molecule has 7 atom stereocenters. The summed E-state index contributed by atoms with van der Waals surface area (Å²) in [6.07, 6.45) is 0.261. The first-order chi connectivity index (χ1) is 21.9. The number of rotatable bonds is 9. The minimum absolute atomic E-state index is 0.0450. The molecule has 1 aromatic carbocycles. The van der Waals surface area contributed by atoms with Gasteiger partial charge < -0.3 is 44.7 Å². The van der Waals surface area contributed by atoms with Crippen molar-refractivity contribution in [3.05, 3.63) is 35.1 Å². The second-order valence-corrected chi connectivity index (χ2v) is 14.7. The first-order valence-corrected chi connectivity index (χ1v) is 16.2. The summed E-state index contributed by atoms with van der Waals surface area (Å²) in [7, 11) is 1.98. The van der Waals surface area contributed by atoms with Crippen LogP contribution in [-0.4, -0.2) is 94.2 Å². The average Bonchev–Trinajstić information content (AvgIpc) is 3.32. The number of amides is 2. The Kier molecular flexibility index (Phi) is 9.04. The van der Waals surface area contributed by atoms with Gasteiger partial charge in [-0.2, -0.15) is 0 Å². The highest BCUT2D eigenvalue weighted by molar-refractivity contribution is 5.90. The van der Waals surface area contributed by atoms with Crippen LogP contribution in [0.4, 0.5) is 4.79 Å². The predicted octanol–water partition coefficient (Wildman–Crippen LogP) is 2.59. The number of piperidine rings is 1. The third-order valence-corrected chi connectivity index (χ3v) is 9.62. The minimum atomic E-state index is -1.35. The zero-order valence-corrected chi connectivity index (χ0v) is 28.3. The van der Waals surface area contributed by atoms with Crippen LogP contribution >= 0.6 is 0 Å². The molecule has 5 rings (SSSR count). The second kappa shape index (κ2) is 12.3. The molecule has 0 unspecified atom stereocenters. The molecular formula is C34H47N3O10. The number of hydrogen-bond acceptors (Lipinski definition) is 11. The van der Waals surface area contributed by atoms with Crippen LogP contribution in [0.3, 0.4) is 0 Å². The molecule has 0 saturated carbocycles. The fourth-order valence-electron chi connectivity index (χ4n) is 7.49. The highest BCUT2D eigenvalue weighted by atomic mass is 16.6. The van der Waals surface area contributed by atoms with E-state index in [1.54, 1.807) is 32.9 Å². The van der Waals surface area contributed by atoms with Gasteiger partial charge in [-0.1, -0.05) is 19.9 Å². The van der Waals surface area contributed by atoms with E-state index < -0.39 is 64.8 Å². The fourth-order valence-corrected chi connectivity index (χ4v) is 7.49. The number of nitrogens with zero attached hydrogens (tertiary/aromatic N) is 1. The third-order valence-electron chi connectivity index (χ3n) is 9.62. The van der Waals surface area contributed by atoms with Crippen LogP contribution < -0.4 is 15.4 Å². The van der Waals surface area contributed by atoms with Gasteiger partial charge in [0.2, 0.25) is 5.91 Å². The van der Waals surface area contributed by atoms with Crippen LogP contribution in [0.1, 0.15) is 78.9 Å². The Labute approximate surface area is 274 Å². The van der Waals surface area contributed by atoms with E-state index in [-0.39, 0.29) is 29.9 Å². The molecule has 0 aromatic heterocycles. The van der Waals surface area contributed by atoms with Crippen LogP contribution in [0, 0.1) is 5.92 Å². The molecule has 4 aliphatic rings. The smallest absolute Gasteiger partial charge is 0.408 e. The molecule has 1 saturated heterocycles. The van der Waals surface area contributed by atoms with Crippen molar-refractivity contribution in [3.8, 4) is 11.5 Å². The quantitative estimate of drug-likeness (QED) is 0.227. The molecule has 1 fully saturated rings. The molecule has 13 nitrogen and oxygen atoms in total. The first-order valence-electron chi connectivity index (χ1n) is 16.2. The van der Waals surface area contributed by atoms with E-state index in [1.165, 1.54) is 13.8 Å². The topological polar surface area (TPSA) is 173 Å². The number of likely N-dealkylation sites (tertiary alicyclic amines) is 1. The summed E-state index contributed by atoms with van der Waals surface area (Å²) in [5, 5.41) is 28.1. The monoisotopic (exact) mass is 657 g/mol. The average molecular weight is 658 g/mol. The normalized spacial score (nSPS) is 27.7. The maximum atomic E-state index is 13.3. The van der Waals surface area contributed by atoms with Gasteiger partial charge in [0.25, 0.3) is 0 Å². The molecule has 2 heterocycles. The maximum absolute atomic E-state index is 13.3. The van der Waals surface area contributed by atoms with Crippen molar-refractivity contribution in [3.63, 3.8) is 0 Å². The van der Waals surface area contributed by atoms with Gasteiger partial charge in [0.1, 0.15) is 23.4 Å². The summed E-state index contributed by atoms with van der Waals surface area (Å²) < 4.78 is 22.8. The van der Waals surface area contributed by atoms with E-state index in [1.807, 2.05) is 27.0 Å². The molecule has 1 aromatic rings. The molecular weight excluding hydrogens is 610 g/mol. The summed E-state index contributed by atoms with van der Waals surface area (Å²) >= 11 is 0. The molecule has 47 heavy (non-hydrogen) atoms. The number of aromatic hydroxyl groups is 1. The Morgan fingerprint density at radius 3 is 2.47 bits per heavy atom. The number of phenolic OH excluding ortho intramolecular Hbond substituents is 1. The van der Waals surface area contributed by atoms with E-state index in [4.69, 9.17) is 18.9 Å². The lowest BCUT2D eigenvalue weighted by atomic mass is 9.50. The number of likely N-dealkylation sites (N-methyl/N-ethyl adjacent to an activating group) is 1. The molecule has 2 aliphatic carbocycles. The van der Waals surface area contributed by atoms with Gasteiger partial charge >= 0.3 is 18.0 Å². The van der Waals surface area contributed by atoms with Gasteiger partial charge in [-0.25, -0.2) is 14.4 Å². The Morgan fingerprint density at radius 2 is 1.81 bits per heavy atom. The van der Waals surface area contributed by atoms with Crippen LogP contribution in [-0.2, 0) is 40.4 Å². The summed E-state index contributed by atoms with van der Waals surface area (Å²) in [6.45, 7) is 12.3. The van der Waals surface area contributed by atoms with Gasteiger partial charge in [0.05, 0.1) is 11.0 Å². The summed E-state index contributed by atoms with van der Waals surface area (Å²) in [5.74, 6) is -1.87. The highest BCUT2D eigenvalue weighted by Crippen LogP contribution is 2.65. The number of nitrogens with one attached hydrogen (secondary N) is 2. The Balaban J connectivity index is 1.25. The SMILES string of the molecule is CC(C)C[C@H](NC(=O)OC(C)(C)C)C(=O)N[C@@H](C)C(=O)O[C@@H](C)C(=O)OC1=CC[C@@]2(O)[C@H]3Cc4ccc(O)c5c4[C@@]2(CCN3C)[C@H]1O5. The van der Waals surface area contributed by atoms with Crippen molar-refractivity contribution in [1.82, 2.24) is 15.5 Å². The van der Waals surface area contributed by atoms with E-state index in [0.29, 0.717) is 31.6 Å².